The van der Waals surface area contributed by atoms with E-state index in [9.17, 15) is 9.59 Å². The van der Waals surface area contributed by atoms with E-state index in [0.29, 0.717) is 17.9 Å². The van der Waals surface area contributed by atoms with Crippen LogP contribution in [-0.4, -0.2) is 29.6 Å². The Hall–Kier alpha value is -2.30. The molecule has 1 aromatic rings. The lowest BCUT2D eigenvalue weighted by Crippen LogP contribution is -2.40. The van der Waals surface area contributed by atoms with Crippen LogP contribution in [0.25, 0.3) is 0 Å². The van der Waals surface area contributed by atoms with Crippen molar-refractivity contribution in [3.63, 3.8) is 0 Å². The van der Waals surface area contributed by atoms with Gasteiger partial charge < -0.3 is 15.2 Å². The van der Waals surface area contributed by atoms with E-state index < -0.39 is 17.9 Å². The van der Waals surface area contributed by atoms with Crippen molar-refractivity contribution in [2.75, 3.05) is 6.61 Å². The van der Waals surface area contributed by atoms with Crippen LogP contribution in [0.4, 0.5) is 0 Å². The van der Waals surface area contributed by atoms with Crippen LogP contribution >= 0.6 is 0 Å². The number of amides is 1. The molecule has 5 nitrogen and oxygen atoms in total. The van der Waals surface area contributed by atoms with Gasteiger partial charge >= 0.3 is 5.97 Å². The van der Waals surface area contributed by atoms with Crippen molar-refractivity contribution in [2.24, 2.45) is 0 Å². The predicted molar refractivity (Wildman–Crippen MR) is 75.9 cm³/mol. The standard InChI is InChI=1S/C15H19NO4/c1-3-5-9-12(15(18)19)16-14(17)11-8-6-7-10-13(11)20-4-2/h3,5-8,10,12H,4,9H2,1-2H3,(H,16,17)(H,18,19)/b5-3+. The number of allylic oxidation sites excluding steroid dienone is 1. The fraction of sp³-hybridized carbons (Fsp3) is 0.333. The van der Waals surface area contributed by atoms with Gasteiger partial charge in [0.2, 0.25) is 0 Å². The Bertz CT molecular complexity index is 496. The number of rotatable bonds is 7. The summed E-state index contributed by atoms with van der Waals surface area (Å²) in [4.78, 5) is 23.2. The van der Waals surface area contributed by atoms with Crippen LogP contribution in [0.1, 0.15) is 30.6 Å². The molecule has 2 N–H and O–H groups in total. The molecule has 1 amide bonds. The van der Waals surface area contributed by atoms with Gasteiger partial charge in [0.25, 0.3) is 5.91 Å². The Labute approximate surface area is 118 Å². The molecule has 0 heterocycles. The molecule has 5 heteroatoms. The van der Waals surface area contributed by atoms with E-state index in [1.165, 1.54) is 0 Å². The van der Waals surface area contributed by atoms with Crippen LogP contribution in [-0.2, 0) is 4.79 Å². The van der Waals surface area contributed by atoms with Gasteiger partial charge in [0.05, 0.1) is 12.2 Å². The lowest BCUT2D eigenvalue weighted by Gasteiger charge is -2.14. The number of hydrogen-bond donors (Lipinski definition) is 2. The molecule has 0 radical (unpaired) electrons. The molecule has 0 aromatic heterocycles. The van der Waals surface area contributed by atoms with Crippen LogP contribution in [0.2, 0.25) is 0 Å². The quantitative estimate of drug-likeness (QED) is 0.749. The highest BCUT2D eigenvalue weighted by molar-refractivity contribution is 5.98. The number of carbonyl (C=O) groups is 2. The molecular formula is C15H19NO4. The van der Waals surface area contributed by atoms with Crippen LogP contribution < -0.4 is 10.1 Å². The summed E-state index contributed by atoms with van der Waals surface area (Å²) in [6.45, 7) is 4.05. The molecule has 0 aliphatic rings. The highest BCUT2D eigenvalue weighted by Gasteiger charge is 2.21. The first kappa shape index (κ1) is 15.8. The molecule has 0 bridgehead atoms. The Morgan fingerprint density at radius 3 is 2.70 bits per heavy atom. The molecule has 0 fully saturated rings. The van der Waals surface area contributed by atoms with Crippen molar-refractivity contribution in [2.45, 2.75) is 26.3 Å². The lowest BCUT2D eigenvalue weighted by molar-refractivity contribution is -0.139. The van der Waals surface area contributed by atoms with E-state index in [1.807, 2.05) is 6.92 Å². The molecule has 20 heavy (non-hydrogen) atoms. The van der Waals surface area contributed by atoms with Crippen molar-refractivity contribution in [3.05, 3.63) is 42.0 Å². The summed E-state index contributed by atoms with van der Waals surface area (Å²) >= 11 is 0. The van der Waals surface area contributed by atoms with Crippen molar-refractivity contribution < 1.29 is 19.4 Å². The van der Waals surface area contributed by atoms with Gasteiger partial charge in [-0.05, 0) is 32.4 Å². The van der Waals surface area contributed by atoms with Gasteiger partial charge in [-0.1, -0.05) is 24.3 Å². The van der Waals surface area contributed by atoms with Crippen molar-refractivity contribution in [1.29, 1.82) is 0 Å². The third kappa shape index (κ3) is 4.42. The second-order valence-corrected chi connectivity index (χ2v) is 4.10. The molecule has 0 spiro atoms. The van der Waals surface area contributed by atoms with Crippen LogP contribution in [0.15, 0.2) is 36.4 Å². The third-order valence-corrected chi connectivity index (χ3v) is 2.64. The van der Waals surface area contributed by atoms with Gasteiger partial charge in [0.1, 0.15) is 11.8 Å². The van der Waals surface area contributed by atoms with E-state index in [-0.39, 0.29) is 6.42 Å². The summed E-state index contributed by atoms with van der Waals surface area (Å²) in [5.74, 6) is -1.07. The van der Waals surface area contributed by atoms with E-state index in [2.05, 4.69) is 5.32 Å². The van der Waals surface area contributed by atoms with E-state index in [1.54, 1.807) is 43.3 Å². The van der Waals surface area contributed by atoms with Crippen molar-refractivity contribution in [1.82, 2.24) is 5.32 Å². The monoisotopic (exact) mass is 277 g/mol. The highest BCUT2D eigenvalue weighted by Crippen LogP contribution is 2.18. The average Bonchev–Trinajstić information content (AvgIpc) is 2.43. The topological polar surface area (TPSA) is 75.6 Å². The van der Waals surface area contributed by atoms with Gasteiger partial charge in [0.15, 0.2) is 0 Å². The number of benzene rings is 1. The minimum absolute atomic E-state index is 0.244. The van der Waals surface area contributed by atoms with Gasteiger partial charge in [-0.25, -0.2) is 4.79 Å². The van der Waals surface area contributed by atoms with Gasteiger partial charge in [-0.3, -0.25) is 4.79 Å². The van der Waals surface area contributed by atoms with Crippen LogP contribution in [0, 0.1) is 0 Å². The fourth-order valence-corrected chi connectivity index (χ4v) is 1.67. The lowest BCUT2D eigenvalue weighted by atomic mass is 10.1. The summed E-state index contributed by atoms with van der Waals surface area (Å²) in [5.41, 5.74) is 0.334. The van der Waals surface area contributed by atoms with E-state index in [0.717, 1.165) is 0 Å². The maximum Gasteiger partial charge on any atom is 0.326 e. The molecule has 1 unspecified atom stereocenters. The number of carboxylic acids is 1. The molecule has 1 atom stereocenters. The zero-order valence-corrected chi connectivity index (χ0v) is 11.6. The summed E-state index contributed by atoms with van der Waals surface area (Å²) in [6.07, 6.45) is 3.69. The fourth-order valence-electron chi connectivity index (χ4n) is 1.67. The van der Waals surface area contributed by atoms with Crippen LogP contribution in [0.5, 0.6) is 5.75 Å². The van der Waals surface area contributed by atoms with Gasteiger partial charge in [-0.15, -0.1) is 0 Å². The summed E-state index contributed by atoms with van der Waals surface area (Å²) in [6, 6.07) is 5.80. The number of para-hydroxylation sites is 1. The van der Waals surface area contributed by atoms with Gasteiger partial charge in [-0.2, -0.15) is 0 Å². The van der Waals surface area contributed by atoms with Gasteiger partial charge in [0, 0.05) is 0 Å². The molecule has 1 rings (SSSR count). The van der Waals surface area contributed by atoms with E-state index in [4.69, 9.17) is 9.84 Å². The molecule has 0 aliphatic heterocycles. The number of nitrogens with one attached hydrogen (secondary N) is 1. The third-order valence-electron chi connectivity index (χ3n) is 2.64. The molecule has 0 saturated carbocycles. The number of aliphatic carboxylic acids is 1. The van der Waals surface area contributed by atoms with Crippen molar-refractivity contribution in [3.8, 4) is 5.75 Å². The highest BCUT2D eigenvalue weighted by atomic mass is 16.5. The molecule has 0 aliphatic carbocycles. The SMILES string of the molecule is C/C=C/CC(NC(=O)c1ccccc1OCC)C(=O)O. The normalized spacial score (nSPS) is 12.1. The molecule has 0 saturated heterocycles. The summed E-state index contributed by atoms with van der Waals surface area (Å²) in [7, 11) is 0. The maximum atomic E-state index is 12.1. The first-order valence-corrected chi connectivity index (χ1v) is 6.46. The number of ether oxygens (including phenoxy) is 1. The Balaban J connectivity index is 2.86. The Kier molecular flexibility index (Phi) is 6.29. The smallest absolute Gasteiger partial charge is 0.326 e. The molecule has 108 valence electrons. The Morgan fingerprint density at radius 1 is 1.40 bits per heavy atom. The maximum absolute atomic E-state index is 12.1. The van der Waals surface area contributed by atoms with Crippen molar-refractivity contribution >= 4 is 11.9 Å². The zero-order valence-electron chi connectivity index (χ0n) is 11.6. The average molecular weight is 277 g/mol. The number of carboxylic acid groups (broad SMARTS) is 1. The first-order chi connectivity index (χ1) is 9.60. The largest absolute Gasteiger partial charge is 0.493 e. The minimum Gasteiger partial charge on any atom is -0.493 e. The summed E-state index contributed by atoms with van der Waals surface area (Å²) < 4.78 is 5.36. The minimum atomic E-state index is -1.06. The second-order valence-electron chi connectivity index (χ2n) is 4.10. The predicted octanol–water partition coefficient (Wildman–Crippen LogP) is 2.23. The van der Waals surface area contributed by atoms with Crippen LogP contribution in [0.3, 0.4) is 0 Å². The molecule has 1 aromatic carbocycles. The number of hydrogen-bond acceptors (Lipinski definition) is 3. The molecular weight excluding hydrogens is 258 g/mol. The Morgan fingerprint density at radius 2 is 2.10 bits per heavy atom. The summed E-state index contributed by atoms with van der Waals surface area (Å²) in [5, 5.41) is 11.6. The first-order valence-electron chi connectivity index (χ1n) is 6.46. The number of carbonyl (C=O) groups excluding carboxylic acids is 1. The zero-order chi connectivity index (χ0) is 15.0. The van der Waals surface area contributed by atoms with E-state index >= 15 is 0 Å². The second kappa shape index (κ2) is 7.99.